The molecule has 32 heavy (non-hydrogen) atoms. The number of Topliss-reactive ketones (excluding diaryl/α,β-unsaturated/α-hetero) is 1. The van der Waals surface area contributed by atoms with Crippen LogP contribution in [0.25, 0.3) is 0 Å². The van der Waals surface area contributed by atoms with Crippen molar-refractivity contribution in [3.8, 4) is 0 Å². The predicted octanol–water partition coefficient (Wildman–Crippen LogP) is 3.21. The third kappa shape index (κ3) is 3.21. The molecule has 0 spiro atoms. The molecule has 1 N–H and O–H groups in total. The molecule has 3 aromatic rings. The first-order valence-electron chi connectivity index (χ1n) is 10.5. The number of anilines is 1. The minimum atomic E-state index is -0.939. The number of benzene rings is 3. The number of aryl methyl sites for hydroxylation is 1. The molecule has 2 aliphatic rings. The highest BCUT2D eigenvalue weighted by atomic mass is 16.2. The van der Waals surface area contributed by atoms with Crippen LogP contribution in [0.15, 0.2) is 90.0 Å². The summed E-state index contributed by atoms with van der Waals surface area (Å²) in [6.07, 6.45) is 0. The van der Waals surface area contributed by atoms with Crippen LogP contribution >= 0.6 is 0 Å². The van der Waals surface area contributed by atoms with Gasteiger partial charge in [0.2, 0.25) is 5.91 Å². The largest absolute Gasteiger partial charge is 0.296 e. The van der Waals surface area contributed by atoms with E-state index in [1.54, 1.807) is 12.1 Å². The predicted molar refractivity (Wildman–Crippen MR) is 121 cm³/mol. The molecule has 1 fully saturated rings. The van der Waals surface area contributed by atoms with Gasteiger partial charge in [-0.1, -0.05) is 78.4 Å². The first kappa shape index (κ1) is 19.9. The number of fused-ring (bicyclic) bond motifs is 1. The van der Waals surface area contributed by atoms with Crippen LogP contribution in [0.3, 0.4) is 0 Å². The van der Waals surface area contributed by atoms with Gasteiger partial charge >= 0.3 is 0 Å². The molecule has 3 aromatic carbocycles. The molecular formula is C26H21N3O3. The second-order valence-corrected chi connectivity index (χ2v) is 8.05. The molecule has 5 rings (SSSR count). The van der Waals surface area contributed by atoms with E-state index in [1.165, 1.54) is 0 Å². The van der Waals surface area contributed by atoms with Gasteiger partial charge in [-0.05, 0) is 30.2 Å². The topological polar surface area (TPSA) is 78.8 Å². The van der Waals surface area contributed by atoms with E-state index in [2.05, 4.69) is 10.5 Å². The molecule has 0 unspecified atom stereocenters. The summed E-state index contributed by atoms with van der Waals surface area (Å²) >= 11 is 0. The van der Waals surface area contributed by atoms with Crippen molar-refractivity contribution in [2.75, 3.05) is 4.90 Å². The fraction of sp³-hybridized carbons (Fsp3) is 0.154. The molecule has 2 heterocycles. The van der Waals surface area contributed by atoms with Crippen molar-refractivity contribution < 1.29 is 14.4 Å². The first-order chi connectivity index (χ1) is 15.6. The lowest BCUT2D eigenvalue weighted by Crippen LogP contribution is -2.36. The Bertz CT molecular complexity index is 1180. The quantitative estimate of drug-likeness (QED) is 0.639. The lowest BCUT2D eigenvalue weighted by Gasteiger charge is -2.19. The molecule has 0 aromatic heterocycles. The van der Waals surface area contributed by atoms with E-state index in [0.29, 0.717) is 5.69 Å². The summed E-state index contributed by atoms with van der Waals surface area (Å²) in [6, 6.07) is 25.1. The van der Waals surface area contributed by atoms with Gasteiger partial charge in [-0.2, -0.15) is 5.10 Å². The summed E-state index contributed by atoms with van der Waals surface area (Å²) in [7, 11) is 0. The van der Waals surface area contributed by atoms with Crippen LogP contribution in [0, 0.1) is 12.8 Å². The standard InChI is InChI=1S/C26H21N3O3/c1-16-12-14-19(15-13-16)29-25(31)21-22(27-28-23(21)26(29)32)24(30)20(17-8-4-2-5-9-17)18-10-6-3-7-11-18/h2-15,20-21,23,28H,1H3/t21-,23+/m0/s1. The van der Waals surface area contributed by atoms with Crippen molar-refractivity contribution in [3.05, 3.63) is 102 Å². The zero-order valence-corrected chi connectivity index (χ0v) is 17.4. The minimum absolute atomic E-state index is 0.0978. The van der Waals surface area contributed by atoms with Crippen molar-refractivity contribution in [1.82, 2.24) is 5.43 Å². The monoisotopic (exact) mass is 423 g/mol. The molecule has 0 aliphatic carbocycles. The Balaban J connectivity index is 1.51. The van der Waals surface area contributed by atoms with Crippen LogP contribution in [-0.4, -0.2) is 29.4 Å². The maximum Gasteiger partial charge on any atom is 0.259 e. The van der Waals surface area contributed by atoms with Gasteiger partial charge in [0.1, 0.15) is 17.7 Å². The van der Waals surface area contributed by atoms with Gasteiger partial charge in [0, 0.05) is 0 Å². The van der Waals surface area contributed by atoms with Crippen LogP contribution in [0.4, 0.5) is 5.69 Å². The minimum Gasteiger partial charge on any atom is -0.296 e. The zero-order chi connectivity index (χ0) is 22.2. The van der Waals surface area contributed by atoms with Crippen molar-refractivity contribution >= 4 is 29.0 Å². The van der Waals surface area contributed by atoms with E-state index >= 15 is 0 Å². The number of nitrogens with zero attached hydrogens (tertiary/aromatic N) is 2. The molecule has 0 bridgehead atoms. The van der Waals surface area contributed by atoms with Crippen LogP contribution in [0.1, 0.15) is 22.6 Å². The molecule has 158 valence electrons. The zero-order valence-electron chi connectivity index (χ0n) is 17.4. The Morgan fingerprint density at radius 1 is 0.844 bits per heavy atom. The maximum absolute atomic E-state index is 13.8. The molecule has 1 saturated heterocycles. The molecule has 2 aliphatic heterocycles. The number of amides is 2. The normalized spacial score (nSPS) is 19.7. The van der Waals surface area contributed by atoms with Crippen LogP contribution < -0.4 is 10.3 Å². The SMILES string of the molecule is Cc1ccc(N2C(=O)[C@H]3C(C(=O)C(c4ccccc4)c4ccccc4)=NN[C@H]3C2=O)cc1. The van der Waals surface area contributed by atoms with Gasteiger partial charge in [0.15, 0.2) is 5.78 Å². The van der Waals surface area contributed by atoms with Crippen molar-refractivity contribution in [2.24, 2.45) is 11.0 Å². The summed E-state index contributed by atoms with van der Waals surface area (Å²) in [5.41, 5.74) is 5.99. The van der Waals surface area contributed by atoms with E-state index in [-0.39, 0.29) is 11.5 Å². The van der Waals surface area contributed by atoms with Crippen LogP contribution in [-0.2, 0) is 14.4 Å². The number of imide groups is 1. The summed E-state index contributed by atoms with van der Waals surface area (Å²) in [6.45, 7) is 1.93. The van der Waals surface area contributed by atoms with Gasteiger partial charge in [-0.3, -0.25) is 19.8 Å². The average molecular weight is 423 g/mol. The Morgan fingerprint density at radius 2 is 1.41 bits per heavy atom. The van der Waals surface area contributed by atoms with Gasteiger partial charge < -0.3 is 0 Å². The van der Waals surface area contributed by atoms with Gasteiger partial charge in [-0.25, -0.2) is 4.90 Å². The number of hydrogen-bond donors (Lipinski definition) is 1. The van der Waals surface area contributed by atoms with Crippen LogP contribution in [0.5, 0.6) is 0 Å². The number of hydrazone groups is 1. The van der Waals surface area contributed by atoms with E-state index < -0.39 is 29.7 Å². The van der Waals surface area contributed by atoms with Crippen molar-refractivity contribution in [1.29, 1.82) is 0 Å². The molecule has 6 heteroatoms. The van der Waals surface area contributed by atoms with Gasteiger partial charge in [0.25, 0.3) is 5.91 Å². The summed E-state index contributed by atoms with van der Waals surface area (Å²) in [5.74, 6) is -2.67. The lowest BCUT2D eigenvalue weighted by atomic mass is 9.82. The number of rotatable bonds is 5. The molecule has 2 atom stereocenters. The fourth-order valence-corrected chi connectivity index (χ4v) is 4.38. The molecule has 2 amide bonds. The number of hydrogen-bond acceptors (Lipinski definition) is 5. The van der Waals surface area contributed by atoms with Crippen molar-refractivity contribution in [2.45, 2.75) is 18.9 Å². The summed E-state index contributed by atoms with van der Waals surface area (Å²) in [5, 5.41) is 4.18. The number of nitrogens with one attached hydrogen (secondary N) is 1. The third-order valence-electron chi connectivity index (χ3n) is 6.00. The Kier molecular flexibility index (Phi) is 4.90. The fourth-order valence-electron chi connectivity index (χ4n) is 4.38. The lowest BCUT2D eigenvalue weighted by molar-refractivity contribution is -0.122. The Labute approximate surface area is 185 Å². The van der Waals surface area contributed by atoms with Crippen LogP contribution in [0.2, 0.25) is 0 Å². The second kappa shape index (κ2) is 7.89. The van der Waals surface area contributed by atoms with E-state index in [1.807, 2.05) is 79.7 Å². The van der Waals surface area contributed by atoms with E-state index in [9.17, 15) is 14.4 Å². The second-order valence-electron chi connectivity index (χ2n) is 8.05. The average Bonchev–Trinajstić information content (AvgIpc) is 3.36. The molecular weight excluding hydrogens is 402 g/mol. The van der Waals surface area contributed by atoms with E-state index in [4.69, 9.17) is 0 Å². The Morgan fingerprint density at radius 3 is 1.97 bits per heavy atom. The number of carbonyl (C=O) groups excluding carboxylic acids is 3. The van der Waals surface area contributed by atoms with E-state index in [0.717, 1.165) is 21.6 Å². The van der Waals surface area contributed by atoms with Gasteiger partial charge in [-0.15, -0.1) is 0 Å². The molecule has 0 radical (unpaired) electrons. The highest BCUT2D eigenvalue weighted by molar-refractivity contribution is 6.50. The van der Waals surface area contributed by atoms with Gasteiger partial charge in [0.05, 0.1) is 11.6 Å². The summed E-state index contributed by atoms with van der Waals surface area (Å²) in [4.78, 5) is 41.3. The first-order valence-corrected chi connectivity index (χ1v) is 10.5. The highest BCUT2D eigenvalue weighted by Crippen LogP contribution is 2.34. The smallest absolute Gasteiger partial charge is 0.259 e. The highest BCUT2D eigenvalue weighted by Gasteiger charge is 2.55. The Hall–Kier alpha value is -4.06. The molecule has 6 nitrogen and oxygen atoms in total. The van der Waals surface area contributed by atoms with Crippen molar-refractivity contribution in [3.63, 3.8) is 0 Å². The molecule has 0 saturated carbocycles. The third-order valence-corrected chi connectivity index (χ3v) is 6.00. The number of ketones is 1. The maximum atomic E-state index is 13.8. The summed E-state index contributed by atoms with van der Waals surface area (Å²) < 4.78 is 0. The number of carbonyl (C=O) groups is 3.